The van der Waals surface area contributed by atoms with Crippen LogP contribution >= 0.6 is 11.6 Å². The number of phenolic OH excluding ortho intramolecular Hbond substituents is 1. The number of amides is 1. The lowest BCUT2D eigenvalue weighted by Gasteiger charge is -2.46. The number of carbonyl (C=O) groups is 2. The van der Waals surface area contributed by atoms with Crippen molar-refractivity contribution in [2.75, 3.05) is 26.2 Å². The highest BCUT2D eigenvalue weighted by molar-refractivity contribution is 6.32. The van der Waals surface area contributed by atoms with E-state index < -0.39 is 6.09 Å². The van der Waals surface area contributed by atoms with Crippen molar-refractivity contribution in [3.05, 3.63) is 22.2 Å². The number of aromatic hydroxyl groups is 1. The second kappa shape index (κ2) is 6.63. The lowest BCUT2D eigenvalue weighted by molar-refractivity contribution is 0.0185. The van der Waals surface area contributed by atoms with E-state index in [0.29, 0.717) is 43.1 Å². The molecule has 26 heavy (non-hydrogen) atoms. The molecule has 0 bridgehead atoms. The summed E-state index contributed by atoms with van der Waals surface area (Å²) in [6.07, 6.45) is -0.926. The first-order chi connectivity index (χ1) is 12.1. The fourth-order valence-electron chi connectivity index (χ4n) is 3.59. The Morgan fingerprint density at radius 1 is 1.38 bits per heavy atom. The molecule has 8 heteroatoms. The van der Waals surface area contributed by atoms with Crippen LogP contribution in [0, 0.1) is 5.41 Å². The van der Waals surface area contributed by atoms with E-state index in [4.69, 9.17) is 16.3 Å². The predicted molar refractivity (Wildman–Crippen MR) is 96.2 cm³/mol. The molecule has 0 aromatic heterocycles. The normalized spacial score (nSPS) is 20.8. The van der Waals surface area contributed by atoms with Crippen LogP contribution in [0.1, 0.15) is 36.7 Å². The molecule has 1 atom stereocenters. The van der Waals surface area contributed by atoms with Crippen LogP contribution < -0.4 is 4.74 Å². The Kier molecular flexibility index (Phi) is 4.79. The topological polar surface area (TPSA) is 90.3 Å². The summed E-state index contributed by atoms with van der Waals surface area (Å²) in [6.45, 7) is 7.72. The van der Waals surface area contributed by atoms with Crippen molar-refractivity contribution in [1.82, 2.24) is 9.80 Å². The molecular formula is C18H23ClN2O5. The lowest BCUT2D eigenvalue weighted by atomic mass is 9.84. The number of ketones is 1. The number of hydrogen-bond donors (Lipinski definition) is 2. The summed E-state index contributed by atoms with van der Waals surface area (Å²) >= 11 is 6.08. The third kappa shape index (κ3) is 3.33. The van der Waals surface area contributed by atoms with Crippen LogP contribution in [0.3, 0.4) is 0 Å². The van der Waals surface area contributed by atoms with Gasteiger partial charge in [-0.15, -0.1) is 0 Å². The molecule has 142 valence electrons. The molecule has 0 aliphatic carbocycles. The number of ether oxygens (including phenoxy) is 1. The van der Waals surface area contributed by atoms with E-state index in [9.17, 15) is 19.8 Å². The minimum atomic E-state index is -0.926. The molecule has 2 N–H and O–H groups in total. The molecule has 0 spiro atoms. The molecule has 7 nitrogen and oxygen atoms in total. The SMILES string of the molecule is CC(C)(C)C1CN(Cc2c(O)c(Cl)cc3c2OCC3=O)CCN1C(=O)O. The number of Topliss-reactive ketones (excluding diaryl/α,β-unsaturated/α-hetero) is 1. The van der Waals surface area contributed by atoms with Crippen LogP contribution in [-0.2, 0) is 6.54 Å². The quantitative estimate of drug-likeness (QED) is 0.817. The maximum absolute atomic E-state index is 11.9. The number of hydrogen-bond acceptors (Lipinski definition) is 5. The third-order valence-corrected chi connectivity index (χ3v) is 5.33. The van der Waals surface area contributed by atoms with E-state index in [1.54, 1.807) is 0 Å². The molecule has 1 fully saturated rings. The molecule has 0 saturated carbocycles. The van der Waals surface area contributed by atoms with Crippen LogP contribution in [0.5, 0.6) is 11.5 Å². The van der Waals surface area contributed by atoms with Gasteiger partial charge in [0, 0.05) is 26.2 Å². The van der Waals surface area contributed by atoms with Gasteiger partial charge in [0.2, 0.25) is 5.78 Å². The summed E-state index contributed by atoms with van der Waals surface area (Å²) < 4.78 is 5.47. The van der Waals surface area contributed by atoms with Gasteiger partial charge in [-0.25, -0.2) is 4.79 Å². The van der Waals surface area contributed by atoms with Gasteiger partial charge < -0.3 is 19.8 Å². The van der Waals surface area contributed by atoms with Gasteiger partial charge in [0.05, 0.1) is 22.2 Å². The number of fused-ring (bicyclic) bond motifs is 1. The molecule has 1 aromatic rings. The van der Waals surface area contributed by atoms with Gasteiger partial charge in [-0.05, 0) is 11.5 Å². The van der Waals surface area contributed by atoms with Crippen molar-refractivity contribution in [3.8, 4) is 11.5 Å². The fourth-order valence-corrected chi connectivity index (χ4v) is 3.81. The van der Waals surface area contributed by atoms with Crippen molar-refractivity contribution in [1.29, 1.82) is 0 Å². The predicted octanol–water partition coefficient (Wildman–Crippen LogP) is 2.83. The first kappa shape index (κ1) is 18.8. The van der Waals surface area contributed by atoms with Gasteiger partial charge in [0.1, 0.15) is 11.5 Å². The molecular weight excluding hydrogens is 360 g/mol. The summed E-state index contributed by atoms with van der Waals surface area (Å²) in [4.78, 5) is 27.0. The van der Waals surface area contributed by atoms with Gasteiger partial charge in [-0.1, -0.05) is 32.4 Å². The number of halogens is 1. The van der Waals surface area contributed by atoms with Gasteiger partial charge >= 0.3 is 6.09 Å². The van der Waals surface area contributed by atoms with Gasteiger partial charge in [-0.3, -0.25) is 9.69 Å². The van der Waals surface area contributed by atoms with Gasteiger partial charge in [0.15, 0.2) is 6.61 Å². The maximum atomic E-state index is 11.9. The Balaban J connectivity index is 1.88. The zero-order chi connectivity index (χ0) is 19.2. The summed E-state index contributed by atoms with van der Waals surface area (Å²) in [5, 5.41) is 20.0. The van der Waals surface area contributed by atoms with Crippen molar-refractivity contribution in [3.63, 3.8) is 0 Å². The van der Waals surface area contributed by atoms with E-state index in [2.05, 4.69) is 4.90 Å². The number of carbonyl (C=O) groups excluding carboxylic acids is 1. The molecule has 2 aliphatic rings. The van der Waals surface area contributed by atoms with E-state index in [1.165, 1.54) is 11.0 Å². The number of piperazine rings is 1. The first-order valence-corrected chi connectivity index (χ1v) is 8.89. The number of rotatable bonds is 2. The molecule has 0 radical (unpaired) electrons. The largest absolute Gasteiger partial charge is 0.506 e. The highest BCUT2D eigenvalue weighted by Crippen LogP contribution is 2.41. The molecule has 3 rings (SSSR count). The second-order valence-corrected chi connectivity index (χ2v) is 8.27. The average molecular weight is 383 g/mol. The zero-order valence-electron chi connectivity index (χ0n) is 15.1. The summed E-state index contributed by atoms with van der Waals surface area (Å²) in [7, 11) is 0. The van der Waals surface area contributed by atoms with Crippen LogP contribution in [0.25, 0.3) is 0 Å². The molecule has 2 aliphatic heterocycles. The molecule has 1 unspecified atom stereocenters. The highest BCUT2D eigenvalue weighted by Gasteiger charge is 2.39. The van der Waals surface area contributed by atoms with Crippen molar-refractivity contribution >= 4 is 23.5 Å². The van der Waals surface area contributed by atoms with E-state index >= 15 is 0 Å². The molecule has 1 amide bonds. The Morgan fingerprint density at radius 2 is 2.08 bits per heavy atom. The zero-order valence-corrected chi connectivity index (χ0v) is 15.8. The van der Waals surface area contributed by atoms with Gasteiger partial charge in [-0.2, -0.15) is 0 Å². The summed E-state index contributed by atoms with van der Waals surface area (Å²) in [5.74, 6) is 0.129. The molecule has 1 aromatic carbocycles. The third-order valence-electron chi connectivity index (χ3n) is 5.04. The minimum Gasteiger partial charge on any atom is -0.506 e. The van der Waals surface area contributed by atoms with Crippen LogP contribution in [0.4, 0.5) is 4.79 Å². The summed E-state index contributed by atoms with van der Waals surface area (Å²) in [6, 6.07) is 1.25. The van der Waals surface area contributed by atoms with E-state index in [0.717, 1.165) is 0 Å². The second-order valence-electron chi connectivity index (χ2n) is 7.87. The maximum Gasteiger partial charge on any atom is 0.407 e. The fraction of sp³-hybridized carbons (Fsp3) is 0.556. The van der Waals surface area contributed by atoms with Crippen LogP contribution in [0.2, 0.25) is 5.02 Å². The Morgan fingerprint density at radius 3 is 2.69 bits per heavy atom. The first-order valence-electron chi connectivity index (χ1n) is 8.52. The monoisotopic (exact) mass is 382 g/mol. The molecule has 1 saturated heterocycles. The van der Waals surface area contributed by atoms with Crippen LogP contribution in [-0.4, -0.2) is 64.2 Å². The van der Waals surface area contributed by atoms with Crippen molar-refractivity contribution in [2.45, 2.75) is 33.4 Å². The number of nitrogens with zero attached hydrogens (tertiary/aromatic N) is 2. The smallest absolute Gasteiger partial charge is 0.407 e. The Labute approximate surface area is 157 Å². The Bertz CT molecular complexity index is 759. The minimum absolute atomic E-state index is 0.0560. The number of benzene rings is 1. The highest BCUT2D eigenvalue weighted by atomic mass is 35.5. The van der Waals surface area contributed by atoms with E-state index in [1.807, 2.05) is 20.8 Å². The Hall–Kier alpha value is -1.99. The number of phenols is 1. The summed E-state index contributed by atoms with van der Waals surface area (Å²) in [5.41, 5.74) is 0.635. The van der Waals surface area contributed by atoms with Crippen molar-refractivity contribution < 1.29 is 24.5 Å². The average Bonchev–Trinajstić information content (AvgIpc) is 2.91. The lowest BCUT2D eigenvalue weighted by Crippen LogP contribution is -2.59. The molecule has 2 heterocycles. The van der Waals surface area contributed by atoms with Crippen molar-refractivity contribution in [2.24, 2.45) is 5.41 Å². The standard InChI is InChI=1S/C18H23ClN2O5/c1-18(2,3)14-8-20(4-5-21(14)17(24)25)7-11-15(23)12(19)6-10-13(22)9-26-16(10)11/h6,14,23H,4-5,7-9H2,1-3H3,(H,24,25). The number of carboxylic acid groups (broad SMARTS) is 1. The van der Waals surface area contributed by atoms with E-state index in [-0.39, 0.29) is 34.6 Å². The van der Waals surface area contributed by atoms with Crippen LogP contribution in [0.15, 0.2) is 6.07 Å². The van der Waals surface area contributed by atoms with Gasteiger partial charge in [0.25, 0.3) is 0 Å².